The highest BCUT2D eigenvalue weighted by Gasteiger charge is 2.26. The zero-order valence-electron chi connectivity index (χ0n) is 13.3. The van der Waals surface area contributed by atoms with Crippen molar-refractivity contribution >= 4 is 11.7 Å². The lowest BCUT2D eigenvalue weighted by Gasteiger charge is -2.34. The third-order valence-electron chi connectivity index (χ3n) is 3.85. The van der Waals surface area contributed by atoms with Gasteiger partial charge in [-0.15, -0.1) is 0 Å². The van der Waals surface area contributed by atoms with Crippen LogP contribution in [0.1, 0.15) is 11.3 Å². The Morgan fingerprint density at radius 2 is 2.10 bits per heavy atom. The van der Waals surface area contributed by atoms with E-state index in [4.69, 9.17) is 4.74 Å². The summed E-state index contributed by atoms with van der Waals surface area (Å²) >= 11 is 0. The van der Waals surface area contributed by atoms with E-state index in [2.05, 4.69) is 15.3 Å². The van der Waals surface area contributed by atoms with Gasteiger partial charge in [0, 0.05) is 52.9 Å². The number of rotatable bonds is 6. The van der Waals surface area contributed by atoms with Crippen LogP contribution in [-0.2, 0) is 23.1 Å². The van der Waals surface area contributed by atoms with Crippen LogP contribution in [0.15, 0.2) is 0 Å². The van der Waals surface area contributed by atoms with Gasteiger partial charge in [-0.05, 0) is 6.92 Å². The summed E-state index contributed by atoms with van der Waals surface area (Å²) in [5.74, 6) is 1.19. The number of anilines is 1. The smallest absolute Gasteiger partial charge is 0.241 e. The minimum atomic E-state index is 0.151. The summed E-state index contributed by atoms with van der Waals surface area (Å²) in [5.41, 5.74) is 2.16. The van der Waals surface area contributed by atoms with Crippen molar-refractivity contribution in [1.29, 1.82) is 0 Å². The topological polar surface area (TPSA) is 62.6 Å². The SMILES string of the molecule is COCCNCc1c(C)nn(C)c1N1CCN(C)C(=O)C1. The van der Waals surface area contributed by atoms with Gasteiger partial charge in [-0.25, -0.2) is 0 Å². The number of carbonyl (C=O) groups is 1. The summed E-state index contributed by atoms with van der Waals surface area (Å²) in [6.07, 6.45) is 0. The Kier molecular flexibility index (Phi) is 5.19. The highest BCUT2D eigenvalue weighted by atomic mass is 16.5. The maximum Gasteiger partial charge on any atom is 0.241 e. The lowest BCUT2D eigenvalue weighted by atomic mass is 10.2. The molecule has 1 aliphatic heterocycles. The number of methoxy groups -OCH3 is 1. The van der Waals surface area contributed by atoms with Gasteiger partial charge >= 0.3 is 0 Å². The van der Waals surface area contributed by atoms with Crippen molar-refractivity contribution in [2.45, 2.75) is 13.5 Å². The summed E-state index contributed by atoms with van der Waals surface area (Å²) in [4.78, 5) is 15.8. The monoisotopic (exact) mass is 295 g/mol. The van der Waals surface area contributed by atoms with Crippen LogP contribution in [0.5, 0.6) is 0 Å². The van der Waals surface area contributed by atoms with Gasteiger partial charge in [0.25, 0.3) is 0 Å². The van der Waals surface area contributed by atoms with E-state index in [9.17, 15) is 4.79 Å². The molecule has 1 N–H and O–H groups in total. The molecule has 7 heteroatoms. The van der Waals surface area contributed by atoms with Gasteiger partial charge in [-0.1, -0.05) is 0 Å². The Bertz CT molecular complexity index is 500. The van der Waals surface area contributed by atoms with Crippen molar-refractivity contribution in [3.05, 3.63) is 11.3 Å². The molecule has 1 aromatic heterocycles. The van der Waals surface area contributed by atoms with E-state index in [-0.39, 0.29) is 5.91 Å². The standard InChI is InChI=1S/C14H25N5O2/c1-11-12(9-15-5-8-21-4)14(18(3)16-11)19-7-6-17(2)13(20)10-19/h15H,5-10H2,1-4H3. The summed E-state index contributed by atoms with van der Waals surface area (Å²) in [6, 6.07) is 0. The van der Waals surface area contributed by atoms with E-state index in [1.807, 2.05) is 25.7 Å². The molecule has 7 nitrogen and oxygen atoms in total. The summed E-state index contributed by atoms with van der Waals surface area (Å²) in [6.45, 7) is 6.23. The quantitative estimate of drug-likeness (QED) is 0.733. The van der Waals surface area contributed by atoms with Crippen molar-refractivity contribution in [3.8, 4) is 0 Å². The van der Waals surface area contributed by atoms with Gasteiger partial charge in [0.05, 0.1) is 18.8 Å². The van der Waals surface area contributed by atoms with Gasteiger partial charge in [-0.2, -0.15) is 5.10 Å². The van der Waals surface area contributed by atoms with E-state index in [0.29, 0.717) is 13.2 Å². The molecule has 0 saturated carbocycles. The average molecular weight is 295 g/mol. The van der Waals surface area contributed by atoms with Crippen LogP contribution in [0.2, 0.25) is 0 Å². The van der Waals surface area contributed by atoms with Crippen molar-refractivity contribution in [2.24, 2.45) is 7.05 Å². The summed E-state index contributed by atoms with van der Waals surface area (Å²) < 4.78 is 6.92. The summed E-state index contributed by atoms with van der Waals surface area (Å²) in [5, 5.41) is 7.86. The number of aryl methyl sites for hydroxylation is 2. The van der Waals surface area contributed by atoms with Gasteiger partial charge in [0.15, 0.2) is 0 Å². The van der Waals surface area contributed by atoms with Crippen LogP contribution in [0.3, 0.4) is 0 Å². The molecule has 1 aliphatic rings. The fourth-order valence-electron chi connectivity index (χ4n) is 2.62. The molecular formula is C14H25N5O2. The average Bonchev–Trinajstić information content (AvgIpc) is 2.72. The van der Waals surface area contributed by atoms with Gasteiger partial charge in [0.2, 0.25) is 5.91 Å². The molecule has 0 aromatic carbocycles. The molecule has 0 aliphatic carbocycles. The molecule has 0 radical (unpaired) electrons. The van der Waals surface area contributed by atoms with Gasteiger partial charge < -0.3 is 19.9 Å². The number of likely N-dealkylation sites (N-methyl/N-ethyl adjacent to an activating group) is 1. The van der Waals surface area contributed by atoms with Crippen LogP contribution >= 0.6 is 0 Å². The molecule has 0 unspecified atom stereocenters. The predicted molar refractivity (Wildman–Crippen MR) is 81.4 cm³/mol. The highest BCUT2D eigenvalue weighted by molar-refractivity contribution is 5.82. The molecule has 0 bridgehead atoms. The van der Waals surface area contributed by atoms with Crippen molar-refractivity contribution < 1.29 is 9.53 Å². The first-order valence-corrected chi connectivity index (χ1v) is 7.25. The Morgan fingerprint density at radius 1 is 1.33 bits per heavy atom. The van der Waals surface area contributed by atoms with E-state index < -0.39 is 0 Å². The molecule has 0 atom stereocenters. The molecule has 1 aromatic rings. The number of aromatic nitrogens is 2. The Hall–Kier alpha value is -1.60. The molecular weight excluding hydrogens is 270 g/mol. The second-order valence-electron chi connectivity index (χ2n) is 5.42. The third kappa shape index (κ3) is 3.54. The third-order valence-corrected chi connectivity index (χ3v) is 3.85. The predicted octanol–water partition coefficient (Wildman–Crippen LogP) is -0.257. The second kappa shape index (κ2) is 6.91. The number of nitrogens with one attached hydrogen (secondary N) is 1. The highest BCUT2D eigenvalue weighted by Crippen LogP contribution is 2.24. The zero-order valence-corrected chi connectivity index (χ0v) is 13.3. The first-order valence-electron chi connectivity index (χ1n) is 7.25. The minimum Gasteiger partial charge on any atom is -0.383 e. The van der Waals surface area contributed by atoms with Gasteiger partial charge in [-0.3, -0.25) is 9.48 Å². The fraction of sp³-hybridized carbons (Fsp3) is 0.714. The molecule has 118 valence electrons. The second-order valence-corrected chi connectivity index (χ2v) is 5.42. The number of piperazine rings is 1. The number of carbonyl (C=O) groups excluding carboxylic acids is 1. The molecule has 2 rings (SSSR count). The number of hydrogen-bond acceptors (Lipinski definition) is 5. The number of amides is 1. The Balaban J connectivity index is 2.12. The maximum absolute atomic E-state index is 11.9. The van der Waals surface area contributed by atoms with E-state index >= 15 is 0 Å². The van der Waals surface area contributed by atoms with Crippen LogP contribution in [0.25, 0.3) is 0 Å². The van der Waals surface area contributed by atoms with Crippen molar-refractivity contribution in [3.63, 3.8) is 0 Å². The van der Waals surface area contributed by atoms with E-state index in [1.54, 1.807) is 12.0 Å². The van der Waals surface area contributed by atoms with Crippen LogP contribution in [0, 0.1) is 6.92 Å². The molecule has 1 fully saturated rings. The van der Waals surface area contributed by atoms with E-state index in [1.165, 1.54) is 0 Å². The number of ether oxygens (including phenoxy) is 1. The molecule has 2 heterocycles. The first-order chi connectivity index (χ1) is 10.0. The van der Waals surface area contributed by atoms with E-state index in [0.717, 1.165) is 43.3 Å². The van der Waals surface area contributed by atoms with Crippen molar-refractivity contribution in [2.75, 3.05) is 51.8 Å². The lowest BCUT2D eigenvalue weighted by Crippen LogP contribution is -2.49. The first kappa shape index (κ1) is 15.8. The van der Waals surface area contributed by atoms with Crippen LogP contribution < -0.4 is 10.2 Å². The zero-order chi connectivity index (χ0) is 15.4. The Labute approximate surface area is 125 Å². The Morgan fingerprint density at radius 3 is 2.76 bits per heavy atom. The molecule has 0 spiro atoms. The summed E-state index contributed by atoms with van der Waals surface area (Å²) in [7, 11) is 5.48. The minimum absolute atomic E-state index is 0.151. The molecule has 1 saturated heterocycles. The largest absolute Gasteiger partial charge is 0.383 e. The fourth-order valence-corrected chi connectivity index (χ4v) is 2.62. The van der Waals surface area contributed by atoms with Gasteiger partial charge in [0.1, 0.15) is 5.82 Å². The number of hydrogen-bond donors (Lipinski definition) is 1. The molecule has 1 amide bonds. The van der Waals surface area contributed by atoms with Crippen molar-refractivity contribution in [1.82, 2.24) is 20.0 Å². The lowest BCUT2D eigenvalue weighted by molar-refractivity contribution is -0.129. The molecule has 21 heavy (non-hydrogen) atoms. The van der Waals surface area contributed by atoms with Crippen LogP contribution in [-0.4, -0.2) is 67.5 Å². The maximum atomic E-state index is 11.9. The van der Waals surface area contributed by atoms with Crippen LogP contribution in [0.4, 0.5) is 5.82 Å². The number of nitrogens with zero attached hydrogens (tertiary/aromatic N) is 4. The normalized spacial score (nSPS) is 15.9.